The molecule has 1 aliphatic carbocycles. The summed E-state index contributed by atoms with van der Waals surface area (Å²) in [7, 11) is 1.56. The Balaban J connectivity index is 2.17. The second-order valence-electron chi connectivity index (χ2n) is 7.53. The van der Waals surface area contributed by atoms with Crippen LogP contribution in [0.2, 0.25) is 0 Å². The molecule has 0 aromatic carbocycles. The highest BCUT2D eigenvalue weighted by Gasteiger charge is 2.47. The van der Waals surface area contributed by atoms with Gasteiger partial charge in [0.2, 0.25) is 5.91 Å². The number of carbonyl (C=O) groups excluding carboxylic acids is 2. The monoisotopic (exact) mass is 395 g/mol. The van der Waals surface area contributed by atoms with Gasteiger partial charge >= 0.3 is 6.03 Å². The highest BCUT2D eigenvalue weighted by atomic mass is 16.5. The topological polar surface area (TPSA) is 128 Å². The number of carbonyl (C=O) groups is 2. The number of aromatic nitrogens is 2. The third-order valence-electron chi connectivity index (χ3n) is 5.04. The molecule has 0 bridgehead atoms. The molecule has 0 unspecified atom stereocenters. The molecule has 0 saturated heterocycles. The highest BCUT2D eigenvalue weighted by molar-refractivity contribution is 5.80. The molecule has 1 fully saturated rings. The molecule has 0 aliphatic heterocycles. The Morgan fingerprint density at radius 1 is 1.36 bits per heavy atom. The average Bonchev–Trinajstić information content (AvgIpc) is 3.25. The van der Waals surface area contributed by atoms with Gasteiger partial charge in [0, 0.05) is 50.0 Å². The lowest BCUT2D eigenvalue weighted by molar-refractivity contribution is -0.127. The number of aliphatic hydroxyl groups is 1. The Morgan fingerprint density at radius 3 is 2.71 bits per heavy atom. The molecule has 3 amide bonds. The first kappa shape index (κ1) is 22.2. The summed E-state index contributed by atoms with van der Waals surface area (Å²) in [6.07, 6.45) is 1.93. The fourth-order valence-corrected chi connectivity index (χ4v) is 3.54. The maximum atomic E-state index is 12.5. The molecule has 5 N–H and O–H groups in total. The molecule has 1 aromatic rings. The lowest BCUT2D eigenvalue weighted by Crippen LogP contribution is -2.44. The van der Waals surface area contributed by atoms with E-state index >= 15 is 0 Å². The molecule has 9 heteroatoms. The van der Waals surface area contributed by atoms with E-state index in [2.05, 4.69) is 25.9 Å². The fraction of sp³-hybridized carbons (Fsp3) is 0.737. The number of methoxy groups -OCH3 is 1. The van der Waals surface area contributed by atoms with Crippen LogP contribution in [-0.2, 0) is 9.53 Å². The summed E-state index contributed by atoms with van der Waals surface area (Å²) >= 11 is 0. The van der Waals surface area contributed by atoms with Crippen LogP contribution in [0.1, 0.15) is 57.0 Å². The van der Waals surface area contributed by atoms with Gasteiger partial charge in [-0.15, -0.1) is 0 Å². The van der Waals surface area contributed by atoms with Crippen LogP contribution >= 0.6 is 0 Å². The van der Waals surface area contributed by atoms with Gasteiger partial charge in [0.05, 0.1) is 18.6 Å². The Morgan fingerprint density at radius 2 is 2.11 bits per heavy atom. The van der Waals surface area contributed by atoms with Crippen LogP contribution in [0.15, 0.2) is 6.20 Å². The van der Waals surface area contributed by atoms with Gasteiger partial charge in [0.15, 0.2) is 0 Å². The summed E-state index contributed by atoms with van der Waals surface area (Å²) in [5.74, 6) is -0.282. The van der Waals surface area contributed by atoms with Crippen LogP contribution in [-0.4, -0.2) is 66.0 Å². The number of urea groups is 1. The van der Waals surface area contributed by atoms with Gasteiger partial charge in [-0.25, -0.2) is 9.78 Å². The first-order chi connectivity index (χ1) is 13.4. The van der Waals surface area contributed by atoms with Crippen molar-refractivity contribution >= 4 is 11.9 Å². The number of rotatable bonds is 9. The average molecular weight is 396 g/mol. The van der Waals surface area contributed by atoms with Gasteiger partial charge in [0.25, 0.3) is 0 Å². The number of ether oxygens (including phenoxy) is 1. The Bertz CT molecular complexity index is 648. The van der Waals surface area contributed by atoms with Crippen molar-refractivity contribution < 1.29 is 19.4 Å². The minimum Gasteiger partial charge on any atom is -0.392 e. The van der Waals surface area contributed by atoms with Crippen molar-refractivity contribution in [3.05, 3.63) is 17.7 Å². The molecule has 1 aromatic heterocycles. The third-order valence-corrected chi connectivity index (χ3v) is 5.04. The summed E-state index contributed by atoms with van der Waals surface area (Å²) in [5.41, 5.74) is 0.726. The Kier molecular flexibility index (Phi) is 8.25. The Hall–Kier alpha value is -2.13. The van der Waals surface area contributed by atoms with E-state index in [4.69, 9.17) is 4.74 Å². The lowest BCUT2D eigenvalue weighted by Gasteiger charge is -2.22. The fourth-order valence-electron chi connectivity index (χ4n) is 3.54. The van der Waals surface area contributed by atoms with E-state index in [1.165, 1.54) is 0 Å². The number of nitrogens with zero attached hydrogens (tertiary/aromatic N) is 1. The van der Waals surface area contributed by atoms with E-state index in [-0.39, 0.29) is 23.9 Å². The van der Waals surface area contributed by atoms with E-state index in [9.17, 15) is 14.7 Å². The van der Waals surface area contributed by atoms with Gasteiger partial charge in [0.1, 0.15) is 5.82 Å². The molecular weight excluding hydrogens is 362 g/mol. The molecular formula is C19H33N5O4. The highest BCUT2D eigenvalue weighted by Crippen LogP contribution is 2.39. The molecule has 0 radical (unpaired) electrons. The zero-order valence-corrected chi connectivity index (χ0v) is 17.1. The smallest absolute Gasteiger partial charge is 0.315 e. The second kappa shape index (κ2) is 10.4. The van der Waals surface area contributed by atoms with Crippen molar-refractivity contribution in [1.29, 1.82) is 0 Å². The lowest BCUT2D eigenvalue weighted by atomic mass is 9.96. The summed E-state index contributed by atoms with van der Waals surface area (Å²) in [5, 5.41) is 19.4. The standard InChI is InChI=1S/C19H33N5O4/c1-5-6-21-19(27)24-13-9-12(18(26)20-7-8-28-4)16(25)15(13)14-10-22-17(23-14)11(2)3/h10-13,15-16,25H,5-9H2,1-4H3,(H,20,26)(H,22,23)(H2,21,24,27)/t12-,13+,15+,16+/m0/s1. The molecule has 1 heterocycles. The molecule has 4 atom stereocenters. The van der Waals surface area contributed by atoms with Crippen molar-refractivity contribution in [2.24, 2.45) is 5.92 Å². The van der Waals surface area contributed by atoms with Crippen molar-refractivity contribution in [2.45, 2.75) is 57.6 Å². The van der Waals surface area contributed by atoms with E-state index in [0.29, 0.717) is 26.1 Å². The number of amides is 3. The zero-order chi connectivity index (χ0) is 20.7. The first-order valence-electron chi connectivity index (χ1n) is 9.92. The van der Waals surface area contributed by atoms with E-state index < -0.39 is 17.9 Å². The number of imidazole rings is 1. The summed E-state index contributed by atoms with van der Waals surface area (Å²) < 4.78 is 4.95. The molecule has 1 saturated carbocycles. The molecule has 9 nitrogen and oxygen atoms in total. The van der Waals surface area contributed by atoms with Crippen LogP contribution in [0.3, 0.4) is 0 Å². The predicted molar refractivity (Wildman–Crippen MR) is 105 cm³/mol. The van der Waals surface area contributed by atoms with E-state index in [1.54, 1.807) is 13.3 Å². The van der Waals surface area contributed by atoms with Crippen LogP contribution in [0.5, 0.6) is 0 Å². The van der Waals surface area contributed by atoms with Crippen molar-refractivity contribution in [1.82, 2.24) is 25.9 Å². The molecule has 28 heavy (non-hydrogen) atoms. The van der Waals surface area contributed by atoms with Gasteiger partial charge in [-0.2, -0.15) is 0 Å². The van der Waals surface area contributed by atoms with E-state index in [0.717, 1.165) is 17.9 Å². The molecule has 158 valence electrons. The van der Waals surface area contributed by atoms with Gasteiger partial charge in [-0.05, 0) is 12.8 Å². The molecule has 0 spiro atoms. The molecule has 2 rings (SSSR count). The number of hydrogen-bond donors (Lipinski definition) is 5. The minimum atomic E-state index is -0.931. The number of aromatic amines is 1. The number of aliphatic hydroxyl groups excluding tert-OH is 1. The van der Waals surface area contributed by atoms with Crippen LogP contribution < -0.4 is 16.0 Å². The summed E-state index contributed by atoms with van der Waals surface area (Å²) in [6, 6.07) is -0.682. The first-order valence-corrected chi connectivity index (χ1v) is 9.92. The third kappa shape index (κ3) is 5.45. The maximum absolute atomic E-state index is 12.5. The number of hydrogen-bond acceptors (Lipinski definition) is 5. The quantitative estimate of drug-likeness (QED) is 0.396. The minimum absolute atomic E-state index is 0.208. The van der Waals surface area contributed by atoms with Crippen LogP contribution in [0.25, 0.3) is 0 Å². The van der Waals surface area contributed by atoms with Crippen molar-refractivity contribution in [2.75, 3.05) is 26.8 Å². The van der Waals surface area contributed by atoms with Crippen molar-refractivity contribution in [3.8, 4) is 0 Å². The van der Waals surface area contributed by atoms with E-state index in [1.807, 2.05) is 20.8 Å². The van der Waals surface area contributed by atoms with Crippen molar-refractivity contribution in [3.63, 3.8) is 0 Å². The number of H-pyrrole nitrogens is 1. The number of nitrogens with one attached hydrogen (secondary N) is 4. The molecule has 1 aliphatic rings. The normalized spacial score (nSPS) is 24.4. The second-order valence-corrected chi connectivity index (χ2v) is 7.53. The van der Waals surface area contributed by atoms with Gasteiger partial charge in [-0.3, -0.25) is 4.79 Å². The summed E-state index contributed by atoms with van der Waals surface area (Å²) in [4.78, 5) is 32.4. The zero-order valence-electron chi connectivity index (χ0n) is 17.1. The predicted octanol–water partition coefficient (Wildman–Crippen LogP) is 0.838. The maximum Gasteiger partial charge on any atom is 0.315 e. The summed E-state index contributed by atoms with van der Waals surface area (Å²) in [6.45, 7) is 7.35. The largest absolute Gasteiger partial charge is 0.392 e. The van der Waals surface area contributed by atoms with Crippen LogP contribution in [0.4, 0.5) is 4.79 Å². The Labute approximate surface area is 166 Å². The van der Waals surface area contributed by atoms with Gasteiger partial charge < -0.3 is 30.8 Å². The van der Waals surface area contributed by atoms with Crippen LogP contribution in [0, 0.1) is 5.92 Å². The SMILES string of the molecule is CCCNC(=O)N[C@@H]1C[C@H](C(=O)NCCOC)[C@@H](O)[C@H]1c1cnc(C(C)C)[nH]1. The van der Waals surface area contributed by atoms with Gasteiger partial charge in [-0.1, -0.05) is 20.8 Å².